The number of rotatable bonds is 8. The van der Waals surface area contributed by atoms with E-state index in [1.165, 1.54) is 30.3 Å². The summed E-state index contributed by atoms with van der Waals surface area (Å²) in [5.74, 6) is -1.90. The molecule has 0 radical (unpaired) electrons. The molecule has 3 N–H and O–H groups in total. The van der Waals surface area contributed by atoms with Crippen LogP contribution in [0.3, 0.4) is 0 Å². The Morgan fingerprint density at radius 2 is 1.38 bits per heavy atom. The summed E-state index contributed by atoms with van der Waals surface area (Å²) in [6, 6.07) is 11.9. The summed E-state index contributed by atoms with van der Waals surface area (Å²) in [5.41, 5.74) is 2.60. The SMILES string of the molecule is CC(C)(C)C(/C=C/C(O)CC(O)CC(=O)O)=C(c1ccc(F)cc1)c1ccc(F)cc1.[NaH]. The molecule has 4 nitrogen and oxygen atoms in total. The summed E-state index contributed by atoms with van der Waals surface area (Å²) in [4.78, 5) is 10.7. The maximum absolute atomic E-state index is 13.5. The van der Waals surface area contributed by atoms with Crippen molar-refractivity contribution in [1.82, 2.24) is 0 Å². The third kappa shape index (κ3) is 8.60. The summed E-state index contributed by atoms with van der Waals surface area (Å²) < 4.78 is 27.1. The van der Waals surface area contributed by atoms with Crippen LogP contribution in [0.4, 0.5) is 8.78 Å². The van der Waals surface area contributed by atoms with Crippen LogP contribution in [0.5, 0.6) is 0 Å². The number of aliphatic carboxylic acids is 1. The second kappa shape index (κ2) is 12.4. The van der Waals surface area contributed by atoms with Crippen molar-refractivity contribution < 1.29 is 28.9 Å². The number of carbonyl (C=O) groups is 1. The van der Waals surface area contributed by atoms with Crippen molar-refractivity contribution in [3.63, 3.8) is 0 Å². The van der Waals surface area contributed by atoms with Gasteiger partial charge in [0, 0.05) is 6.42 Å². The van der Waals surface area contributed by atoms with E-state index in [1.807, 2.05) is 20.8 Å². The third-order valence-electron chi connectivity index (χ3n) is 4.75. The van der Waals surface area contributed by atoms with Gasteiger partial charge in [-0.05, 0) is 52.0 Å². The Morgan fingerprint density at radius 1 is 0.938 bits per heavy atom. The van der Waals surface area contributed by atoms with Crippen LogP contribution >= 0.6 is 0 Å². The van der Waals surface area contributed by atoms with Gasteiger partial charge in [0.2, 0.25) is 0 Å². The molecule has 2 atom stereocenters. The average molecular weight is 454 g/mol. The minimum atomic E-state index is -1.17. The van der Waals surface area contributed by atoms with Gasteiger partial charge in [-0.25, -0.2) is 8.78 Å². The zero-order valence-electron chi connectivity index (χ0n) is 17.8. The van der Waals surface area contributed by atoms with E-state index in [1.54, 1.807) is 30.3 Å². The van der Waals surface area contributed by atoms with Crippen LogP contribution in [0.25, 0.3) is 5.57 Å². The molecular formula is C25H29F2NaO4. The van der Waals surface area contributed by atoms with Crippen LogP contribution < -0.4 is 0 Å². The molecular weight excluding hydrogens is 425 g/mol. The number of halogens is 2. The van der Waals surface area contributed by atoms with Crippen molar-refractivity contribution in [2.24, 2.45) is 5.41 Å². The van der Waals surface area contributed by atoms with Gasteiger partial charge in [-0.2, -0.15) is 0 Å². The molecule has 0 amide bonds. The number of aliphatic hydroxyl groups excluding tert-OH is 2. The molecule has 0 aliphatic rings. The molecule has 2 aromatic carbocycles. The van der Waals surface area contributed by atoms with E-state index in [9.17, 15) is 23.8 Å². The van der Waals surface area contributed by atoms with Crippen molar-refractivity contribution in [2.45, 2.75) is 45.8 Å². The molecule has 32 heavy (non-hydrogen) atoms. The summed E-state index contributed by atoms with van der Waals surface area (Å²) in [5, 5.41) is 28.8. The number of hydrogen-bond donors (Lipinski definition) is 3. The van der Waals surface area contributed by atoms with Gasteiger partial charge < -0.3 is 15.3 Å². The Balaban J connectivity index is 0.00000512. The molecule has 2 unspecified atom stereocenters. The van der Waals surface area contributed by atoms with E-state index in [4.69, 9.17) is 5.11 Å². The molecule has 0 aliphatic heterocycles. The second-order valence-corrected chi connectivity index (χ2v) is 8.47. The zero-order valence-corrected chi connectivity index (χ0v) is 17.8. The first-order valence-electron chi connectivity index (χ1n) is 10.00. The Hall–Kier alpha value is -1.83. The summed E-state index contributed by atoms with van der Waals surface area (Å²) >= 11 is 0. The van der Waals surface area contributed by atoms with Gasteiger partial charge in [0.05, 0.1) is 18.6 Å². The van der Waals surface area contributed by atoms with Gasteiger partial charge in [-0.1, -0.05) is 57.2 Å². The summed E-state index contributed by atoms with van der Waals surface area (Å²) in [6.45, 7) is 5.93. The van der Waals surface area contributed by atoms with Gasteiger partial charge in [-0.15, -0.1) is 0 Å². The number of benzene rings is 2. The van der Waals surface area contributed by atoms with Crippen molar-refractivity contribution in [3.8, 4) is 0 Å². The molecule has 7 heteroatoms. The molecule has 168 valence electrons. The van der Waals surface area contributed by atoms with Crippen LogP contribution in [-0.4, -0.2) is 63.1 Å². The molecule has 0 aliphatic carbocycles. The molecule has 0 fully saturated rings. The van der Waals surface area contributed by atoms with Crippen LogP contribution in [0.1, 0.15) is 44.7 Å². The molecule has 0 saturated carbocycles. The van der Waals surface area contributed by atoms with E-state index < -0.39 is 30.0 Å². The zero-order chi connectivity index (χ0) is 23.2. The standard InChI is InChI=1S/C25H28F2O4.Na.H/c1-25(2,3)22(13-12-20(28)14-21(29)15-23(30)31)24(16-4-8-18(26)9-5-16)17-6-10-19(27)11-7-17;;/h4-13,20-21,28-29H,14-15H2,1-3H3,(H,30,31);;/b13-12+;;. The van der Waals surface area contributed by atoms with Crippen molar-refractivity contribution in [2.75, 3.05) is 0 Å². The van der Waals surface area contributed by atoms with Crippen LogP contribution in [0, 0.1) is 17.0 Å². The normalized spacial score (nSPS) is 13.3. The average Bonchev–Trinajstić information content (AvgIpc) is 2.65. The molecule has 2 aromatic rings. The van der Waals surface area contributed by atoms with Crippen LogP contribution in [0.2, 0.25) is 0 Å². The van der Waals surface area contributed by atoms with Crippen LogP contribution in [-0.2, 0) is 4.79 Å². The molecule has 0 bridgehead atoms. The van der Waals surface area contributed by atoms with E-state index in [0.29, 0.717) is 0 Å². The predicted octanol–water partition coefficient (Wildman–Crippen LogP) is 4.31. The summed E-state index contributed by atoms with van der Waals surface area (Å²) in [6.07, 6.45) is 0.410. The number of aliphatic hydroxyl groups is 2. The fraction of sp³-hybridized carbons (Fsp3) is 0.320. The van der Waals surface area contributed by atoms with Crippen molar-refractivity contribution >= 4 is 41.1 Å². The Kier molecular flexibility index (Phi) is 10.9. The number of hydrogen-bond acceptors (Lipinski definition) is 3. The minimum absolute atomic E-state index is 0. The summed E-state index contributed by atoms with van der Waals surface area (Å²) in [7, 11) is 0. The molecule has 0 aromatic heterocycles. The van der Waals surface area contributed by atoms with Crippen LogP contribution in [0.15, 0.2) is 66.3 Å². The van der Waals surface area contributed by atoms with Gasteiger partial charge >= 0.3 is 35.5 Å². The quantitative estimate of drug-likeness (QED) is 0.410. The Morgan fingerprint density at radius 3 is 1.75 bits per heavy atom. The first-order valence-corrected chi connectivity index (χ1v) is 10.00. The molecule has 0 heterocycles. The fourth-order valence-corrected chi connectivity index (χ4v) is 3.27. The van der Waals surface area contributed by atoms with Gasteiger partial charge in [0.25, 0.3) is 0 Å². The molecule has 2 rings (SSSR count). The van der Waals surface area contributed by atoms with E-state index in [0.717, 1.165) is 22.3 Å². The predicted molar refractivity (Wildman–Crippen MR) is 123 cm³/mol. The van der Waals surface area contributed by atoms with E-state index in [-0.39, 0.29) is 47.6 Å². The third-order valence-corrected chi connectivity index (χ3v) is 4.75. The van der Waals surface area contributed by atoms with Crippen molar-refractivity contribution in [3.05, 3.63) is 89.0 Å². The molecule has 0 spiro atoms. The van der Waals surface area contributed by atoms with Crippen molar-refractivity contribution in [1.29, 1.82) is 0 Å². The first-order chi connectivity index (χ1) is 14.5. The topological polar surface area (TPSA) is 77.8 Å². The van der Waals surface area contributed by atoms with E-state index in [2.05, 4.69) is 0 Å². The molecule has 0 saturated heterocycles. The number of carboxylic acids is 1. The van der Waals surface area contributed by atoms with Gasteiger partial charge in [0.15, 0.2) is 0 Å². The maximum atomic E-state index is 13.5. The Labute approximate surface area is 209 Å². The van der Waals surface area contributed by atoms with E-state index >= 15 is 0 Å². The second-order valence-electron chi connectivity index (χ2n) is 8.47. The van der Waals surface area contributed by atoms with Gasteiger partial charge in [-0.3, -0.25) is 4.79 Å². The first kappa shape index (κ1) is 28.2. The van der Waals surface area contributed by atoms with Gasteiger partial charge in [0.1, 0.15) is 11.6 Å². The Bertz CT molecular complexity index is 898. The number of carboxylic acid groups (broad SMARTS) is 1. The fourth-order valence-electron chi connectivity index (χ4n) is 3.27. The monoisotopic (exact) mass is 454 g/mol. The number of allylic oxidation sites excluding steroid dienone is 2.